The third-order valence-corrected chi connectivity index (χ3v) is 11.4. The van der Waals surface area contributed by atoms with Crippen LogP contribution in [-0.4, -0.2) is 102 Å². The lowest BCUT2D eigenvalue weighted by Gasteiger charge is -2.34. The molecular weight excluding hydrogens is 689 g/mol. The van der Waals surface area contributed by atoms with Crippen molar-refractivity contribution < 1.29 is 19.1 Å². The fraction of sp³-hybridized carbons (Fsp3) is 0.550. The molecule has 12 nitrogen and oxygen atoms in total. The number of anilines is 1. The Labute approximate surface area is 317 Å². The first-order chi connectivity index (χ1) is 25.4. The van der Waals surface area contributed by atoms with E-state index in [1.54, 1.807) is 12.1 Å². The second-order valence-corrected chi connectivity index (χ2v) is 16.2. The van der Waals surface area contributed by atoms with Crippen LogP contribution in [0, 0.1) is 5.41 Å². The fourth-order valence-corrected chi connectivity index (χ4v) is 8.30. The molecule has 2 saturated heterocycles. The average Bonchev–Trinajstić information content (AvgIpc) is 3.75. The van der Waals surface area contributed by atoms with Crippen LogP contribution in [0.15, 0.2) is 35.8 Å². The summed E-state index contributed by atoms with van der Waals surface area (Å²) in [5.74, 6) is -0.379. The molecule has 2 unspecified atom stereocenters. The van der Waals surface area contributed by atoms with E-state index in [0.717, 1.165) is 102 Å². The highest BCUT2D eigenvalue weighted by Gasteiger charge is 2.30. The Morgan fingerprint density at radius 1 is 1.11 bits per heavy atom. The van der Waals surface area contributed by atoms with Crippen molar-refractivity contribution >= 4 is 39.8 Å². The third-order valence-electron chi connectivity index (χ3n) is 10.5. The summed E-state index contributed by atoms with van der Waals surface area (Å²) in [5, 5.41) is 5.66. The topological polar surface area (TPSA) is 131 Å². The Bertz CT molecular complexity index is 1910. The Hall–Kier alpha value is -3.88. The van der Waals surface area contributed by atoms with Gasteiger partial charge < -0.3 is 29.6 Å². The highest BCUT2D eigenvalue weighted by atomic mass is 32.1. The lowest BCUT2D eigenvalue weighted by atomic mass is 9.84. The van der Waals surface area contributed by atoms with Crippen molar-refractivity contribution in [1.29, 1.82) is 0 Å². The predicted molar refractivity (Wildman–Crippen MR) is 212 cm³/mol. The van der Waals surface area contributed by atoms with E-state index < -0.39 is 6.04 Å². The molecule has 0 spiro atoms. The van der Waals surface area contributed by atoms with E-state index >= 15 is 0 Å². The lowest BCUT2D eigenvalue weighted by molar-refractivity contribution is -0.144. The first-order valence-electron chi connectivity index (χ1n) is 18.9. The van der Waals surface area contributed by atoms with Gasteiger partial charge in [-0.3, -0.25) is 19.6 Å². The van der Waals surface area contributed by atoms with Crippen LogP contribution in [0.25, 0.3) is 33.4 Å². The number of hydrazine groups is 1. The van der Waals surface area contributed by atoms with Gasteiger partial charge in [-0.25, -0.2) is 10.4 Å². The van der Waals surface area contributed by atoms with Gasteiger partial charge in [-0.2, -0.15) is 0 Å². The summed E-state index contributed by atoms with van der Waals surface area (Å²) in [6, 6.07) is 8.19. The zero-order valence-corrected chi connectivity index (χ0v) is 33.2. The van der Waals surface area contributed by atoms with Crippen molar-refractivity contribution in [2.45, 2.75) is 79.0 Å². The normalized spacial score (nSPS) is 17.0. The molecule has 1 aromatic carbocycles. The number of nitrogens with one attached hydrogen (secondary N) is 1. The number of pyridine rings is 1. The maximum Gasteiger partial charge on any atom is 0.302 e. The number of fused-ring (bicyclic) bond motifs is 1. The Morgan fingerprint density at radius 3 is 2.57 bits per heavy atom. The monoisotopic (exact) mass is 744 g/mol. The summed E-state index contributed by atoms with van der Waals surface area (Å²) in [4.78, 5) is 39.8. The first-order valence-corrected chi connectivity index (χ1v) is 19.8. The van der Waals surface area contributed by atoms with Gasteiger partial charge in [0.25, 0.3) is 5.91 Å². The number of methoxy groups -OCH3 is 1. The minimum Gasteiger partial charge on any atom is -0.465 e. The van der Waals surface area contributed by atoms with Crippen molar-refractivity contribution in [2.75, 3.05) is 64.9 Å². The van der Waals surface area contributed by atoms with Gasteiger partial charge in [0.1, 0.15) is 0 Å². The van der Waals surface area contributed by atoms with Crippen molar-refractivity contribution in [3.8, 4) is 22.5 Å². The number of carbonyl (C=O) groups excluding carboxylic acids is 2. The van der Waals surface area contributed by atoms with Gasteiger partial charge in [0.15, 0.2) is 0 Å². The number of ether oxygens (including phenoxy) is 2. The molecule has 13 heteroatoms. The molecule has 4 aromatic rings. The average molecular weight is 745 g/mol. The predicted octanol–water partition coefficient (Wildman–Crippen LogP) is 5.43. The standard InChI is InChI=1S/C40H56N8O4S/c1-8-47-35-12-11-28(34-24-53-36(44-34)21-33(41)39(50)48-14-10-9-13-43-48)19-30(35)32(22-40(4,5)25-52-27(3)49)38(47)31-20-29(23-42-37(31)26(2)51-7)46-17-15-45(6)16-18-46/h11-12,19-20,23-24,26,33,43H,8-10,13-18,21-22,25,41H2,1-7H3. The Balaban J connectivity index is 1.44. The minimum atomic E-state index is -0.659. The molecule has 2 atom stereocenters. The number of hydrogen-bond acceptors (Lipinski definition) is 11. The number of thiazole rings is 1. The van der Waals surface area contributed by atoms with Crippen LogP contribution in [0.5, 0.6) is 0 Å². The number of nitrogens with two attached hydrogens (primary N) is 1. The summed E-state index contributed by atoms with van der Waals surface area (Å²) in [7, 11) is 3.89. The summed E-state index contributed by atoms with van der Waals surface area (Å²) in [6.07, 6.45) is 4.83. The Morgan fingerprint density at radius 2 is 1.89 bits per heavy atom. The quantitative estimate of drug-likeness (QED) is 0.171. The smallest absolute Gasteiger partial charge is 0.302 e. The van der Waals surface area contributed by atoms with E-state index in [-0.39, 0.29) is 23.4 Å². The van der Waals surface area contributed by atoms with E-state index in [1.165, 1.54) is 23.8 Å². The lowest BCUT2D eigenvalue weighted by Crippen LogP contribution is -2.53. The van der Waals surface area contributed by atoms with Gasteiger partial charge in [0.2, 0.25) is 0 Å². The molecule has 5 heterocycles. The van der Waals surface area contributed by atoms with Crippen LogP contribution in [0.1, 0.15) is 69.8 Å². The van der Waals surface area contributed by atoms with Crippen LogP contribution >= 0.6 is 11.3 Å². The van der Waals surface area contributed by atoms with Crippen LogP contribution in [0.4, 0.5) is 5.69 Å². The number of piperazine rings is 1. The molecule has 3 aromatic heterocycles. The van der Waals surface area contributed by atoms with E-state index in [2.05, 4.69) is 77.3 Å². The van der Waals surface area contributed by atoms with Gasteiger partial charge in [0.05, 0.1) is 52.7 Å². The minimum absolute atomic E-state index is 0.0920. The highest BCUT2D eigenvalue weighted by Crippen LogP contribution is 2.43. The molecule has 0 radical (unpaired) electrons. The summed E-state index contributed by atoms with van der Waals surface area (Å²) >= 11 is 1.53. The fourth-order valence-electron chi connectivity index (χ4n) is 7.44. The molecule has 1 amide bonds. The second-order valence-electron chi connectivity index (χ2n) is 15.3. The van der Waals surface area contributed by atoms with E-state index in [0.29, 0.717) is 26.0 Å². The molecule has 0 bridgehead atoms. The molecule has 2 aliphatic rings. The summed E-state index contributed by atoms with van der Waals surface area (Å²) in [5.41, 5.74) is 17.5. The van der Waals surface area contributed by atoms with Gasteiger partial charge in [0, 0.05) is 99.1 Å². The molecule has 0 aliphatic carbocycles. The zero-order valence-electron chi connectivity index (χ0n) is 32.4. The molecule has 6 rings (SSSR count). The number of benzene rings is 1. The van der Waals surface area contributed by atoms with Gasteiger partial charge >= 0.3 is 5.97 Å². The third kappa shape index (κ3) is 8.76. The van der Waals surface area contributed by atoms with E-state index in [1.807, 2.05) is 13.1 Å². The molecule has 53 heavy (non-hydrogen) atoms. The Kier molecular flexibility index (Phi) is 12.2. The van der Waals surface area contributed by atoms with Crippen LogP contribution < -0.4 is 16.1 Å². The maximum absolute atomic E-state index is 13.0. The van der Waals surface area contributed by atoms with Crippen molar-refractivity contribution in [3.63, 3.8) is 0 Å². The number of nitrogens with zero attached hydrogens (tertiary/aromatic N) is 6. The highest BCUT2D eigenvalue weighted by molar-refractivity contribution is 7.10. The zero-order chi connectivity index (χ0) is 37.9. The molecule has 0 saturated carbocycles. The number of hydrogen-bond donors (Lipinski definition) is 2. The molecule has 2 aliphatic heterocycles. The summed E-state index contributed by atoms with van der Waals surface area (Å²) < 4.78 is 13.9. The number of esters is 1. The molecule has 286 valence electrons. The van der Waals surface area contributed by atoms with Crippen molar-refractivity contribution in [2.24, 2.45) is 11.1 Å². The number of carbonyl (C=O) groups is 2. The maximum atomic E-state index is 13.0. The number of amides is 1. The SMILES string of the molecule is CCn1c(-c2cc(N3CCN(C)CC3)cnc2C(C)OC)c(CC(C)(C)COC(C)=O)c2cc(-c3csc(CC(N)C(=O)N4CCCCN4)n3)ccc21. The van der Waals surface area contributed by atoms with E-state index in [4.69, 9.17) is 25.2 Å². The number of aryl methyl sites for hydroxylation is 1. The van der Waals surface area contributed by atoms with Gasteiger partial charge in [-0.1, -0.05) is 19.9 Å². The molecule has 2 fully saturated rings. The van der Waals surface area contributed by atoms with Crippen LogP contribution in [-0.2, 0) is 38.4 Å². The number of likely N-dealkylation sites (N-methyl/N-ethyl adjacent to an activating group) is 1. The van der Waals surface area contributed by atoms with Crippen molar-refractivity contribution in [3.05, 3.63) is 52.1 Å². The second kappa shape index (κ2) is 16.6. The van der Waals surface area contributed by atoms with E-state index in [9.17, 15) is 9.59 Å². The summed E-state index contributed by atoms with van der Waals surface area (Å²) in [6.45, 7) is 16.3. The van der Waals surface area contributed by atoms with Crippen molar-refractivity contribution in [1.82, 2.24) is 29.9 Å². The van der Waals surface area contributed by atoms with Gasteiger partial charge in [-0.15, -0.1) is 11.3 Å². The first kappa shape index (κ1) is 38.8. The van der Waals surface area contributed by atoms with Crippen LogP contribution in [0.2, 0.25) is 0 Å². The molecular formula is C40H56N8O4S. The molecule has 3 N–H and O–H groups in total. The number of rotatable bonds is 13. The largest absolute Gasteiger partial charge is 0.465 e. The number of aromatic nitrogens is 3. The van der Waals surface area contributed by atoms with Gasteiger partial charge in [-0.05, 0) is 63.9 Å². The van der Waals surface area contributed by atoms with Crippen LogP contribution in [0.3, 0.4) is 0 Å².